The van der Waals surface area contributed by atoms with Gasteiger partial charge in [-0.1, -0.05) is 5.16 Å². The van der Waals surface area contributed by atoms with Gasteiger partial charge in [-0.15, -0.1) is 0 Å². The number of fused-ring (bicyclic) bond motifs is 1. The van der Waals surface area contributed by atoms with Gasteiger partial charge < -0.3 is 19.3 Å². The first kappa shape index (κ1) is 16.1. The van der Waals surface area contributed by atoms with Gasteiger partial charge in [0, 0.05) is 45.0 Å². The number of likely N-dealkylation sites (tertiary alicyclic amines) is 1. The summed E-state index contributed by atoms with van der Waals surface area (Å²) in [5.41, 5.74) is 0. The van der Waals surface area contributed by atoms with Crippen LogP contribution in [0, 0.1) is 5.92 Å². The summed E-state index contributed by atoms with van der Waals surface area (Å²) in [7, 11) is 0. The molecule has 3 atom stereocenters. The van der Waals surface area contributed by atoms with Crippen molar-refractivity contribution in [2.45, 2.75) is 43.9 Å². The van der Waals surface area contributed by atoms with Crippen LogP contribution in [0.4, 0.5) is 0 Å². The molecule has 132 valence electrons. The normalized spacial score (nSPS) is 32.2. The zero-order valence-corrected chi connectivity index (χ0v) is 13.9. The molecule has 4 heterocycles. The van der Waals surface area contributed by atoms with Gasteiger partial charge in [-0.25, -0.2) is 0 Å². The average Bonchev–Trinajstić information content (AvgIpc) is 3.17. The minimum Gasteiger partial charge on any atom is -0.381 e. The number of hydrogen-bond donors (Lipinski definition) is 1. The molecule has 0 spiro atoms. The Morgan fingerprint density at radius 1 is 1.21 bits per heavy atom. The lowest BCUT2D eigenvalue weighted by Gasteiger charge is -2.48. The molecule has 3 saturated heterocycles. The zero-order chi connectivity index (χ0) is 16.4. The van der Waals surface area contributed by atoms with E-state index >= 15 is 0 Å². The van der Waals surface area contributed by atoms with Gasteiger partial charge in [-0.05, 0) is 31.6 Å². The fourth-order valence-corrected chi connectivity index (χ4v) is 4.29. The molecule has 1 aromatic heterocycles. The first-order valence-electron chi connectivity index (χ1n) is 8.96. The summed E-state index contributed by atoms with van der Waals surface area (Å²) in [5, 5.41) is 6.73. The fraction of sp³-hybridized carbons (Fsp3) is 0.765. The summed E-state index contributed by atoms with van der Waals surface area (Å²) in [6, 6.07) is 2.13. The molecule has 0 bridgehead atoms. The van der Waals surface area contributed by atoms with Crippen molar-refractivity contribution < 1.29 is 18.8 Å². The van der Waals surface area contributed by atoms with Gasteiger partial charge in [0.2, 0.25) is 5.76 Å². The number of piperidine rings is 1. The molecule has 1 amide bonds. The number of carbonyl (C=O) groups excluding carboxylic acids is 1. The van der Waals surface area contributed by atoms with Crippen LogP contribution in [0.25, 0.3) is 0 Å². The molecule has 3 aliphatic heterocycles. The van der Waals surface area contributed by atoms with E-state index in [9.17, 15) is 4.79 Å². The van der Waals surface area contributed by atoms with E-state index < -0.39 is 0 Å². The van der Waals surface area contributed by atoms with Crippen LogP contribution in [-0.2, 0) is 9.47 Å². The monoisotopic (exact) mass is 335 g/mol. The summed E-state index contributed by atoms with van der Waals surface area (Å²) in [4.78, 5) is 14.9. The van der Waals surface area contributed by atoms with Crippen LogP contribution in [0.3, 0.4) is 0 Å². The third-order valence-corrected chi connectivity index (χ3v) is 5.48. The highest BCUT2D eigenvalue weighted by Crippen LogP contribution is 2.31. The number of carbonyl (C=O) groups is 1. The summed E-state index contributed by atoms with van der Waals surface area (Å²) < 4.78 is 16.5. The standard InChI is InChI=1S/C17H25N3O4/c21-17(15-3-6-18-24-15)19-14-11-20(13-4-8-22-9-5-13)10-12-2-1-7-23-16(12)14/h3,6,12-14,16H,1-2,4-5,7-11H2,(H,19,21)/t12-,14+,16-/m0/s1. The Bertz CT molecular complexity index is 544. The lowest BCUT2D eigenvalue weighted by Crippen LogP contribution is -2.63. The van der Waals surface area contributed by atoms with Gasteiger partial charge in [0.1, 0.15) is 0 Å². The summed E-state index contributed by atoms with van der Waals surface area (Å²) in [6.45, 7) is 4.34. The Hall–Kier alpha value is -1.44. The number of rotatable bonds is 3. The molecular formula is C17H25N3O4. The van der Waals surface area contributed by atoms with Gasteiger partial charge in [0.25, 0.3) is 5.91 Å². The molecule has 3 aliphatic rings. The predicted octanol–water partition coefficient (Wildman–Crippen LogP) is 1.06. The molecule has 4 rings (SSSR count). The first-order valence-corrected chi connectivity index (χ1v) is 8.96. The molecule has 1 N–H and O–H groups in total. The van der Waals surface area contributed by atoms with Crippen LogP contribution in [-0.4, -0.2) is 67.1 Å². The summed E-state index contributed by atoms with van der Waals surface area (Å²) in [5.74, 6) is 0.528. The predicted molar refractivity (Wildman–Crippen MR) is 85.6 cm³/mol. The number of nitrogens with one attached hydrogen (secondary N) is 1. The Kier molecular flexibility index (Phi) is 4.82. The second-order valence-corrected chi connectivity index (χ2v) is 6.99. The second-order valence-electron chi connectivity index (χ2n) is 6.99. The average molecular weight is 335 g/mol. The topological polar surface area (TPSA) is 76.8 Å². The zero-order valence-electron chi connectivity index (χ0n) is 13.9. The lowest BCUT2D eigenvalue weighted by atomic mass is 9.84. The highest BCUT2D eigenvalue weighted by atomic mass is 16.5. The third-order valence-electron chi connectivity index (χ3n) is 5.48. The third kappa shape index (κ3) is 3.34. The molecule has 0 aromatic carbocycles. The van der Waals surface area contributed by atoms with E-state index in [0.717, 1.165) is 52.2 Å². The quantitative estimate of drug-likeness (QED) is 0.890. The van der Waals surface area contributed by atoms with E-state index in [1.165, 1.54) is 12.6 Å². The molecule has 1 aromatic rings. The number of nitrogens with zero attached hydrogens (tertiary/aromatic N) is 2. The van der Waals surface area contributed by atoms with Crippen molar-refractivity contribution in [3.05, 3.63) is 18.0 Å². The largest absolute Gasteiger partial charge is 0.381 e. The SMILES string of the molecule is O=C(N[C@@H]1CN(C2CCOCC2)C[C@@H]2CCCO[C@@H]21)c1ccno1. The number of aromatic nitrogens is 1. The molecule has 3 fully saturated rings. The Morgan fingerprint density at radius 3 is 2.88 bits per heavy atom. The molecule has 0 unspecified atom stereocenters. The molecule has 7 heteroatoms. The number of ether oxygens (including phenoxy) is 2. The molecule has 0 saturated carbocycles. The van der Waals surface area contributed by atoms with Crippen LogP contribution in [0.5, 0.6) is 0 Å². The highest BCUT2D eigenvalue weighted by molar-refractivity contribution is 5.91. The van der Waals surface area contributed by atoms with Gasteiger partial charge in [-0.2, -0.15) is 0 Å². The van der Waals surface area contributed by atoms with Crippen LogP contribution >= 0.6 is 0 Å². The van der Waals surface area contributed by atoms with Crippen molar-refractivity contribution in [3.8, 4) is 0 Å². The van der Waals surface area contributed by atoms with Crippen LogP contribution in [0.15, 0.2) is 16.8 Å². The maximum Gasteiger partial charge on any atom is 0.290 e. The van der Waals surface area contributed by atoms with E-state index in [2.05, 4.69) is 15.4 Å². The van der Waals surface area contributed by atoms with E-state index in [0.29, 0.717) is 12.0 Å². The number of amides is 1. The Labute approximate surface area is 141 Å². The van der Waals surface area contributed by atoms with Crippen molar-refractivity contribution >= 4 is 5.91 Å². The maximum absolute atomic E-state index is 12.4. The van der Waals surface area contributed by atoms with Crippen LogP contribution in [0.2, 0.25) is 0 Å². The minimum absolute atomic E-state index is 0.00973. The van der Waals surface area contributed by atoms with Crippen LogP contribution < -0.4 is 5.32 Å². The van der Waals surface area contributed by atoms with E-state index in [-0.39, 0.29) is 23.8 Å². The first-order chi connectivity index (χ1) is 11.8. The minimum atomic E-state index is -0.209. The number of hydrogen-bond acceptors (Lipinski definition) is 6. The van der Waals surface area contributed by atoms with E-state index in [4.69, 9.17) is 14.0 Å². The van der Waals surface area contributed by atoms with Crippen LogP contribution in [0.1, 0.15) is 36.2 Å². The maximum atomic E-state index is 12.4. The molecule has 0 aliphatic carbocycles. The molecule has 7 nitrogen and oxygen atoms in total. The summed E-state index contributed by atoms with van der Waals surface area (Å²) in [6.07, 6.45) is 6.00. The highest BCUT2D eigenvalue weighted by Gasteiger charge is 2.42. The fourth-order valence-electron chi connectivity index (χ4n) is 4.29. The van der Waals surface area contributed by atoms with Crippen molar-refractivity contribution in [1.29, 1.82) is 0 Å². The van der Waals surface area contributed by atoms with Crippen molar-refractivity contribution in [2.75, 3.05) is 32.9 Å². The van der Waals surface area contributed by atoms with Gasteiger partial charge in [-0.3, -0.25) is 9.69 Å². The second kappa shape index (κ2) is 7.21. The summed E-state index contributed by atoms with van der Waals surface area (Å²) >= 11 is 0. The molecule has 24 heavy (non-hydrogen) atoms. The Morgan fingerprint density at radius 2 is 2.08 bits per heavy atom. The van der Waals surface area contributed by atoms with Gasteiger partial charge >= 0.3 is 0 Å². The Balaban J connectivity index is 1.47. The van der Waals surface area contributed by atoms with Crippen molar-refractivity contribution in [1.82, 2.24) is 15.4 Å². The lowest BCUT2D eigenvalue weighted by molar-refractivity contribution is -0.0977. The van der Waals surface area contributed by atoms with Crippen molar-refractivity contribution in [2.24, 2.45) is 5.92 Å². The molecule has 0 radical (unpaired) electrons. The molecular weight excluding hydrogens is 310 g/mol. The smallest absolute Gasteiger partial charge is 0.290 e. The van der Waals surface area contributed by atoms with Gasteiger partial charge in [0.15, 0.2) is 0 Å². The van der Waals surface area contributed by atoms with E-state index in [1.807, 2.05) is 0 Å². The van der Waals surface area contributed by atoms with Gasteiger partial charge in [0.05, 0.1) is 18.3 Å². The van der Waals surface area contributed by atoms with Crippen molar-refractivity contribution in [3.63, 3.8) is 0 Å². The van der Waals surface area contributed by atoms with E-state index in [1.54, 1.807) is 6.07 Å².